The molecule has 2 heterocycles. The molecule has 1 atom stereocenters. The predicted octanol–water partition coefficient (Wildman–Crippen LogP) is 0.805. The Labute approximate surface area is 101 Å². The number of rotatable bonds is 3. The zero-order chi connectivity index (χ0) is 12.3. The molecule has 1 saturated heterocycles. The molecule has 1 aliphatic rings. The molecular formula is C12H20N4O. The lowest BCUT2D eigenvalue weighted by Gasteiger charge is -2.24. The first kappa shape index (κ1) is 12.1. The van der Waals surface area contributed by atoms with E-state index in [2.05, 4.69) is 20.6 Å². The van der Waals surface area contributed by atoms with E-state index in [0.29, 0.717) is 12.0 Å². The highest BCUT2D eigenvalue weighted by molar-refractivity contribution is 5.30. The Balaban J connectivity index is 2.15. The van der Waals surface area contributed by atoms with Gasteiger partial charge in [-0.3, -0.25) is 9.78 Å². The number of anilines is 1. The average Bonchev–Trinajstić information content (AvgIpc) is 2.35. The van der Waals surface area contributed by atoms with Crippen LogP contribution in [0.5, 0.6) is 0 Å². The van der Waals surface area contributed by atoms with Crippen LogP contribution in [-0.4, -0.2) is 29.1 Å². The Hall–Kier alpha value is -1.36. The molecule has 1 aromatic heterocycles. The van der Waals surface area contributed by atoms with E-state index >= 15 is 0 Å². The van der Waals surface area contributed by atoms with E-state index < -0.39 is 0 Å². The number of nitrogens with one attached hydrogen (secondary N) is 3. The van der Waals surface area contributed by atoms with Gasteiger partial charge in [0.15, 0.2) is 0 Å². The van der Waals surface area contributed by atoms with Crippen LogP contribution in [0.15, 0.2) is 4.79 Å². The maximum Gasteiger partial charge on any atom is 0.255 e. The fourth-order valence-corrected chi connectivity index (χ4v) is 2.16. The molecule has 0 amide bonds. The molecule has 0 radical (unpaired) electrons. The van der Waals surface area contributed by atoms with Gasteiger partial charge < -0.3 is 10.6 Å². The molecule has 0 spiro atoms. The standard InChI is InChI=1S/C12H20N4O/c1-3-10-8(2)11(17)16-12(15-10)14-9-5-4-6-13-7-9/h9,13H,3-7H2,1-2H3,(H2,14,15,16,17). The summed E-state index contributed by atoms with van der Waals surface area (Å²) in [6.45, 7) is 5.84. The first-order valence-corrected chi connectivity index (χ1v) is 6.27. The average molecular weight is 236 g/mol. The van der Waals surface area contributed by atoms with Gasteiger partial charge in [-0.25, -0.2) is 4.98 Å². The molecule has 3 N–H and O–H groups in total. The predicted molar refractivity (Wildman–Crippen MR) is 68.5 cm³/mol. The third-order valence-corrected chi connectivity index (χ3v) is 3.22. The Morgan fingerprint density at radius 3 is 3.00 bits per heavy atom. The van der Waals surface area contributed by atoms with Gasteiger partial charge >= 0.3 is 0 Å². The van der Waals surface area contributed by atoms with Crippen molar-refractivity contribution in [1.82, 2.24) is 15.3 Å². The van der Waals surface area contributed by atoms with Crippen LogP contribution in [-0.2, 0) is 6.42 Å². The van der Waals surface area contributed by atoms with E-state index in [4.69, 9.17) is 0 Å². The van der Waals surface area contributed by atoms with E-state index in [-0.39, 0.29) is 5.56 Å². The van der Waals surface area contributed by atoms with Gasteiger partial charge in [0, 0.05) is 18.2 Å². The molecule has 0 bridgehead atoms. The van der Waals surface area contributed by atoms with Crippen molar-refractivity contribution in [3.63, 3.8) is 0 Å². The van der Waals surface area contributed by atoms with Gasteiger partial charge in [0.25, 0.3) is 5.56 Å². The summed E-state index contributed by atoms with van der Waals surface area (Å²) in [7, 11) is 0. The van der Waals surface area contributed by atoms with Crippen LogP contribution >= 0.6 is 0 Å². The van der Waals surface area contributed by atoms with Gasteiger partial charge in [-0.1, -0.05) is 6.92 Å². The van der Waals surface area contributed by atoms with E-state index in [1.54, 1.807) is 0 Å². The van der Waals surface area contributed by atoms with E-state index in [1.807, 2.05) is 13.8 Å². The largest absolute Gasteiger partial charge is 0.352 e. The quantitative estimate of drug-likeness (QED) is 0.726. The van der Waals surface area contributed by atoms with Crippen LogP contribution in [0.4, 0.5) is 5.95 Å². The van der Waals surface area contributed by atoms with Crippen LogP contribution in [0.1, 0.15) is 31.0 Å². The summed E-state index contributed by atoms with van der Waals surface area (Å²) in [6.07, 6.45) is 3.06. The van der Waals surface area contributed by atoms with Gasteiger partial charge in [0.1, 0.15) is 0 Å². The molecule has 0 aromatic carbocycles. The van der Waals surface area contributed by atoms with Crippen molar-refractivity contribution in [3.05, 3.63) is 21.6 Å². The highest BCUT2D eigenvalue weighted by Gasteiger charge is 2.14. The van der Waals surface area contributed by atoms with Crippen molar-refractivity contribution < 1.29 is 0 Å². The van der Waals surface area contributed by atoms with E-state index in [1.165, 1.54) is 0 Å². The summed E-state index contributed by atoms with van der Waals surface area (Å²) in [6, 6.07) is 0.360. The number of hydrogen-bond acceptors (Lipinski definition) is 4. The smallest absolute Gasteiger partial charge is 0.255 e. The van der Waals surface area contributed by atoms with Crippen molar-refractivity contribution in [1.29, 1.82) is 0 Å². The third kappa shape index (κ3) is 2.85. The zero-order valence-electron chi connectivity index (χ0n) is 10.5. The number of hydrogen-bond donors (Lipinski definition) is 3. The van der Waals surface area contributed by atoms with Gasteiger partial charge in [-0.05, 0) is 32.7 Å². The fraction of sp³-hybridized carbons (Fsp3) is 0.667. The lowest BCUT2D eigenvalue weighted by atomic mass is 10.1. The van der Waals surface area contributed by atoms with Gasteiger partial charge in [-0.2, -0.15) is 0 Å². The van der Waals surface area contributed by atoms with E-state index in [9.17, 15) is 4.79 Å². The Morgan fingerprint density at radius 2 is 2.35 bits per heavy atom. The third-order valence-electron chi connectivity index (χ3n) is 3.22. The minimum absolute atomic E-state index is 0.0388. The minimum atomic E-state index is -0.0388. The maximum atomic E-state index is 11.7. The van der Waals surface area contributed by atoms with Crippen LogP contribution in [0.3, 0.4) is 0 Å². The molecule has 1 fully saturated rings. The molecule has 1 aliphatic heterocycles. The van der Waals surface area contributed by atoms with Crippen LogP contribution in [0, 0.1) is 6.92 Å². The van der Waals surface area contributed by atoms with Gasteiger partial charge in [-0.15, -0.1) is 0 Å². The number of aromatic nitrogens is 2. The minimum Gasteiger partial charge on any atom is -0.352 e. The number of aromatic amines is 1. The number of nitrogens with zero attached hydrogens (tertiary/aromatic N) is 1. The van der Waals surface area contributed by atoms with Crippen molar-refractivity contribution >= 4 is 5.95 Å². The lowest BCUT2D eigenvalue weighted by Crippen LogP contribution is -2.39. The number of H-pyrrole nitrogens is 1. The zero-order valence-corrected chi connectivity index (χ0v) is 10.5. The monoisotopic (exact) mass is 236 g/mol. The number of piperidine rings is 1. The van der Waals surface area contributed by atoms with Gasteiger partial charge in [0.2, 0.25) is 5.95 Å². The Morgan fingerprint density at radius 1 is 1.53 bits per heavy atom. The van der Waals surface area contributed by atoms with Crippen molar-refractivity contribution in [2.75, 3.05) is 18.4 Å². The molecule has 2 rings (SSSR count). The topological polar surface area (TPSA) is 69.8 Å². The highest BCUT2D eigenvalue weighted by atomic mass is 16.1. The summed E-state index contributed by atoms with van der Waals surface area (Å²) in [4.78, 5) is 19.0. The van der Waals surface area contributed by atoms with E-state index in [0.717, 1.165) is 43.6 Å². The molecule has 1 unspecified atom stereocenters. The van der Waals surface area contributed by atoms with Crippen molar-refractivity contribution in [2.45, 2.75) is 39.2 Å². The molecular weight excluding hydrogens is 216 g/mol. The second-order valence-corrected chi connectivity index (χ2v) is 4.53. The Bertz CT molecular complexity index is 435. The van der Waals surface area contributed by atoms with Gasteiger partial charge in [0.05, 0.1) is 5.69 Å². The molecule has 0 aliphatic carbocycles. The second kappa shape index (κ2) is 5.31. The molecule has 0 saturated carbocycles. The highest BCUT2D eigenvalue weighted by Crippen LogP contribution is 2.09. The second-order valence-electron chi connectivity index (χ2n) is 4.53. The Kier molecular flexibility index (Phi) is 3.78. The summed E-state index contributed by atoms with van der Waals surface area (Å²) >= 11 is 0. The normalized spacial score (nSPS) is 20.2. The molecule has 5 nitrogen and oxygen atoms in total. The lowest BCUT2D eigenvalue weighted by molar-refractivity contribution is 0.477. The number of aryl methyl sites for hydroxylation is 1. The van der Waals surface area contributed by atoms with Crippen molar-refractivity contribution in [2.24, 2.45) is 0 Å². The fourth-order valence-electron chi connectivity index (χ4n) is 2.16. The first-order chi connectivity index (χ1) is 8.20. The molecule has 5 heteroatoms. The summed E-state index contributed by atoms with van der Waals surface area (Å²) in [5.41, 5.74) is 1.56. The van der Waals surface area contributed by atoms with Crippen molar-refractivity contribution in [3.8, 4) is 0 Å². The summed E-state index contributed by atoms with van der Waals surface area (Å²) < 4.78 is 0. The SMILES string of the molecule is CCc1nc(NC2CCCNC2)[nH]c(=O)c1C. The first-order valence-electron chi connectivity index (χ1n) is 6.27. The molecule has 94 valence electrons. The van der Waals surface area contributed by atoms with Crippen LogP contribution in [0.25, 0.3) is 0 Å². The summed E-state index contributed by atoms with van der Waals surface area (Å²) in [5, 5.41) is 6.62. The summed E-state index contributed by atoms with van der Waals surface area (Å²) in [5.74, 6) is 0.603. The maximum absolute atomic E-state index is 11.7. The van der Waals surface area contributed by atoms with Crippen LogP contribution < -0.4 is 16.2 Å². The van der Waals surface area contributed by atoms with Crippen LogP contribution in [0.2, 0.25) is 0 Å². The molecule has 17 heavy (non-hydrogen) atoms. The molecule has 1 aromatic rings.